The molecule has 0 saturated heterocycles. The Balaban J connectivity index is 1.84. The molecular formula is C16H15ClO3. The van der Waals surface area contributed by atoms with Crippen LogP contribution in [0.3, 0.4) is 0 Å². The van der Waals surface area contributed by atoms with Gasteiger partial charge in [-0.2, -0.15) is 0 Å². The van der Waals surface area contributed by atoms with Gasteiger partial charge in [0.1, 0.15) is 23.9 Å². The van der Waals surface area contributed by atoms with Gasteiger partial charge in [-0.25, -0.2) is 0 Å². The SMILES string of the molecule is Cc1c(O)cccc1OCc1cc(Cl)cc2c1OCC2. The lowest BCUT2D eigenvalue weighted by Crippen LogP contribution is -2.00. The third kappa shape index (κ3) is 2.41. The maximum absolute atomic E-state index is 9.67. The Morgan fingerprint density at radius 2 is 2.20 bits per heavy atom. The molecule has 1 heterocycles. The van der Waals surface area contributed by atoms with E-state index in [4.69, 9.17) is 21.1 Å². The zero-order valence-corrected chi connectivity index (χ0v) is 11.9. The highest BCUT2D eigenvalue weighted by Gasteiger charge is 2.18. The molecular weight excluding hydrogens is 276 g/mol. The van der Waals surface area contributed by atoms with Crippen molar-refractivity contribution < 1.29 is 14.6 Å². The summed E-state index contributed by atoms with van der Waals surface area (Å²) in [6.45, 7) is 2.88. The van der Waals surface area contributed by atoms with Crippen molar-refractivity contribution in [1.29, 1.82) is 0 Å². The predicted molar refractivity (Wildman–Crippen MR) is 77.8 cm³/mol. The summed E-state index contributed by atoms with van der Waals surface area (Å²) in [5.74, 6) is 1.78. The quantitative estimate of drug-likeness (QED) is 0.932. The van der Waals surface area contributed by atoms with Crippen molar-refractivity contribution in [3.63, 3.8) is 0 Å². The molecule has 0 aliphatic carbocycles. The lowest BCUT2D eigenvalue weighted by molar-refractivity contribution is 0.288. The number of aromatic hydroxyl groups is 1. The van der Waals surface area contributed by atoms with Crippen LogP contribution in [0, 0.1) is 6.92 Å². The largest absolute Gasteiger partial charge is 0.508 e. The van der Waals surface area contributed by atoms with Gasteiger partial charge in [0, 0.05) is 22.6 Å². The van der Waals surface area contributed by atoms with E-state index in [-0.39, 0.29) is 5.75 Å². The van der Waals surface area contributed by atoms with Crippen molar-refractivity contribution in [2.45, 2.75) is 20.0 Å². The molecule has 20 heavy (non-hydrogen) atoms. The lowest BCUT2D eigenvalue weighted by Gasteiger charge is -2.12. The van der Waals surface area contributed by atoms with E-state index in [0.29, 0.717) is 24.0 Å². The number of halogens is 1. The number of benzene rings is 2. The Morgan fingerprint density at radius 1 is 1.35 bits per heavy atom. The lowest BCUT2D eigenvalue weighted by atomic mass is 10.1. The maximum Gasteiger partial charge on any atom is 0.129 e. The van der Waals surface area contributed by atoms with Crippen LogP contribution in [-0.2, 0) is 13.0 Å². The number of fused-ring (bicyclic) bond motifs is 1. The van der Waals surface area contributed by atoms with Gasteiger partial charge in [-0.1, -0.05) is 17.7 Å². The highest BCUT2D eigenvalue weighted by Crippen LogP contribution is 2.34. The van der Waals surface area contributed by atoms with Gasteiger partial charge in [0.05, 0.1) is 6.61 Å². The first-order chi connectivity index (χ1) is 9.65. The molecule has 0 fully saturated rings. The summed E-state index contributed by atoms with van der Waals surface area (Å²) in [6, 6.07) is 9.04. The molecule has 0 saturated carbocycles. The number of ether oxygens (including phenoxy) is 2. The second-order valence-electron chi connectivity index (χ2n) is 4.84. The van der Waals surface area contributed by atoms with E-state index >= 15 is 0 Å². The molecule has 0 aromatic heterocycles. The fraction of sp³-hybridized carbons (Fsp3) is 0.250. The average Bonchev–Trinajstić information content (AvgIpc) is 2.88. The Labute approximate surface area is 122 Å². The second kappa shape index (κ2) is 5.25. The molecule has 0 radical (unpaired) electrons. The van der Waals surface area contributed by atoms with E-state index in [2.05, 4.69) is 0 Å². The topological polar surface area (TPSA) is 38.7 Å². The van der Waals surface area contributed by atoms with E-state index in [0.717, 1.165) is 28.9 Å². The monoisotopic (exact) mass is 290 g/mol. The van der Waals surface area contributed by atoms with Crippen molar-refractivity contribution in [1.82, 2.24) is 0 Å². The fourth-order valence-corrected chi connectivity index (χ4v) is 2.63. The third-order valence-corrected chi connectivity index (χ3v) is 3.68. The maximum atomic E-state index is 9.67. The number of hydrogen-bond acceptors (Lipinski definition) is 3. The van der Waals surface area contributed by atoms with Gasteiger partial charge in [-0.3, -0.25) is 0 Å². The van der Waals surface area contributed by atoms with Gasteiger partial charge >= 0.3 is 0 Å². The van der Waals surface area contributed by atoms with Crippen LogP contribution in [0.1, 0.15) is 16.7 Å². The van der Waals surface area contributed by atoms with Crippen LogP contribution in [0.5, 0.6) is 17.2 Å². The van der Waals surface area contributed by atoms with E-state index in [9.17, 15) is 5.11 Å². The number of rotatable bonds is 3. The zero-order valence-electron chi connectivity index (χ0n) is 11.1. The van der Waals surface area contributed by atoms with Gasteiger partial charge in [0.2, 0.25) is 0 Å². The molecule has 1 N–H and O–H groups in total. The minimum absolute atomic E-state index is 0.232. The van der Waals surface area contributed by atoms with Crippen LogP contribution in [0.2, 0.25) is 5.02 Å². The van der Waals surface area contributed by atoms with Crippen LogP contribution in [0.15, 0.2) is 30.3 Å². The molecule has 104 valence electrons. The minimum atomic E-state index is 0.232. The van der Waals surface area contributed by atoms with Crippen LogP contribution < -0.4 is 9.47 Å². The molecule has 3 nitrogen and oxygen atoms in total. The van der Waals surface area contributed by atoms with Crippen LogP contribution in [0.4, 0.5) is 0 Å². The summed E-state index contributed by atoms with van der Waals surface area (Å²) < 4.78 is 11.4. The summed E-state index contributed by atoms with van der Waals surface area (Å²) in [6.07, 6.45) is 0.883. The van der Waals surface area contributed by atoms with Gasteiger partial charge in [-0.15, -0.1) is 0 Å². The Bertz CT molecular complexity index is 652. The Kier molecular flexibility index (Phi) is 3.45. The molecule has 1 aliphatic rings. The number of phenols is 1. The summed E-state index contributed by atoms with van der Waals surface area (Å²) in [5, 5.41) is 10.4. The normalized spacial score (nSPS) is 12.9. The van der Waals surface area contributed by atoms with E-state index < -0.39 is 0 Å². The minimum Gasteiger partial charge on any atom is -0.508 e. The molecule has 2 aromatic rings. The molecule has 0 unspecified atom stereocenters. The molecule has 0 spiro atoms. The highest BCUT2D eigenvalue weighted by molar-refractivity contribution is 6.30. The van der Waals surface area contributed by atoms with E-state index in [1.807, 2.05) is 25.1 Å². The summed E-state index contributed by atoms with van der Waals surface area (Å²) in [5.41, 5.74) is 2.79. The average molecular weight is 291 g/mol. The summed E-state index contributed by atoms with van der Waals surface area (Å²) >= 11 is 6.12. The standard InChI is InChI=1S/C16H15ClO3/c1-10-14(18)3-2-4-15(10)20-9-12-8-13(17)7-11-5-6-19-16(11)12/h2-4,7-8,18H,5-6,9H2,1H3. The van der Waals surface area contributed by atoms with Gasteiger partial charge < -0.3 is 14.6 Å². The Morgan fingerprint density at radius 3 is 3.05 bits per heavy atom. The van der Waals surface area contributed by atoms with E-state index in [1.165, 1.54) is 0 Å². The first-order valence-corrected chi connectivity index (χ1v) is 6.88. The van der Waals surface area contributed by atoms with Crippen LogP contribution >= 0.6 is 11.6 Å². The third-order valence-electron chi connectivity index (χ3n) is 3.46. The number of hydrogen-bond donors (Lipinski definition) is 1. The van der Waals surface area contributed by atoms with Crippen molar-refractivity contribution in [2.75, 3.05) is 6.61 Å². The first-order valence-electron chi connectivity index (χ1n) is 6.50. The molecule has 0 bridgehead atoms. The van der Waals surface area contributed by atoms with Crippen LogP contribution in [0.25, 0.3) is 0 Å². The van der Waals surface area contributed by atoms with E-state index in [1.54, 1.807) is 12.1 Å². The van der Waals surface area contributed by atoms with Gasteiger partial charge in [-0.05, 0) is 36.8 Å². The second-order valence-corrected chi connectivity index (χ2v) is 5.28. The van der Waals surface area contributed by atoms with Crippen molar-refractivity contribution >= 4 is 11.6 Å². The number of phenolic OH excluding ortho intramolecular Hbond substituents is 1. The smallest absolute Gasteiger partial charge is 0.129 e. The first kappa shape index (κ1) is 13.1. The molecule has 0 amide bonds. The zero-order chi connectivity index (χ0) is 14.1. The summed E-state index contributed by atoms with van der Waals surface area (Å²) in [7, 11) is 0. The van der Waals surface area contributed by atoms with Crippen LogP contribution in [-0.4, -0.2) is 11.7 Å². The Hall–Kier alpha value is -1.87. The predicted octanol–water partition coefficient (Wildman–Crippen LogP) is 3.87. The van der Waals surface area contributed by atoms with Gasteiger partial charge in [0.25, 0.3) is 0 Å². The van der Waals surface area contributed by atoms with Gasteiger partial charge in [0.15, 0.2) is 0 Å². The fourth-order valence-electron chi connectivity index (χ4n) is 2.37. The molecule has 3 rings (SSSR count). The molecule has 1 aliphatic heterocycles. The molecule has 4 heteroatoms. The van der Waals surface area contributed by atoms with Crippen molar-refractivity contribution in [2.24, 2.45) is 0 Å². The molecule has 2 aromatic carbocycles. The van der Waals surface area contributed by atoms with Crippen molar-refractivity contribution in [3.05, 3.63) is 52.0 Å². The molecule has 0 atom stereocenters. The van der Waals surface area contributed by atoms with Crippen molar-refractivity contribution in [3.8, 4) is 17.2 Å². The highest BCUT2D eigenvalue weighted by atomic mass is 35.5. The summed E-state index contributed by atoms with van der Waals surface area (Å²) in [4.78, 5) is 0.